The molecule has 0 spiro atoms. The number of aryl methyl sites for hydroxylation is 1. The van der Waals surface area contributed by atoms with E-state index in [2.05, 4.69) is 5.32 Å². The Morgan fingerprint density at radius 1 is 1.33 bits per heavy atom. The van der Waals surface area contributed by atoms with E-state index in [0.717, 1.165) is 0 Å². The Bertz CT molecular complexity index is 329. The Morgan fingerprint density at radius 3 is 2.53 bits per heavy atom. The fourth-order valence-corrected chi connectivity index (χ4v) is 2.00. The molecular formula is C11H15F2NO. The third kappa shape index (κ3) is 2.04. The number of alkyl halides is 2. The summed E-state index contributed by atoms with van der Waals surface area (Å²) >= 11 is 0. The van der Waals surface area contributed by atoms with Crippen LogP contribution in [0.3, 0.4) is 0 Å². The minimum absolute atomic E-state index is 0.188. The van der Waals surface area contributed by atoms with E-state index in [9.17, 15) is 8.78 Å². The van der Waals surface area contributed by atoms with Crippen molar-refractivity contribution in [3.63, 3.8) is 0 Å². The number of rotatable bonds is 2. The molecule has 1 aliphatic heterocycles. The first-order chi connectivity index (χ1) is 7.10. The molecule has 0 radical (unpaired) electrons. The SMILES string of the molecule is Cc1ccc(C(F)(F)C2CCNCC2)o1. The summed E-state index contributed by atoms with van der Waals surface area (Å²) in [6.07, 6.45) is 1.01. The van der Waals surface area contributed by atoms with Crippen LogP contribution in [0.25, 0.3) is 0 Å². The summed E-state index contributed by atoms with van der Waals surface area (Å²) in [6.45, 7) is 3.02. The van der Waals surface area contributed by atoms with Gasteiger partial charge in [0.2, 0.25) is 0 Å². The van der Waals surface area contributed by atoms with E-state index < -0.39 is 11.8 Å². The van der Waals surface area contributed by atoms with Gasteiger partial charge in [-0.2, -0.15) is 8.78 Å². The minimum Gasteiger partial charge on any atom is -0.460 e. The molecule has 84 valence electrons. The molecule has 2 nitrogen and oxygen atoms in total. The average molecular weight is 215 g/mol. The molecule has 0 aromatic carbocycles. The lowest BCUT2D eigenvalue weighted by molar-refractivity contribution is -0.0924. The summed E-state index contributed by atoms with van der Waals surface area (Å²) in [4.78, 5) is 0. The normalized spacial score (nSPS) is 19.4. The fraction of sp³-hybridized carbons (Fsp3) is 0.636. The van der Waals surface area contributed by atoms with Crippen LogP contribution in [0.15, 0.2) is 16.5 Å². The van der Waals surface area contributed by atoms with Gasteiger partial charge in [-0.15, -0.1) is 0 Å². The molecule has 1 N–H and O–H groups in total. The van der Waals surface area contributed by atoms with E-state index in [1.54, 1.807) is 13.0 Å². The lowest BCUT2D eigenvalue weighted by Crippen LogP contribution is -2.36. The van der Waals surface area contributed by atoms with Crippen LogP contribution >= 0.6 is 0 Å². The second kappa shape index (κ2) is 3.93. The lowest BCUT2D eigenvalue weighted by Gasteiger charge is -2.28. The maximum absolute atomic E-state index is 13.9. The highest BCUT2D eigenvalue weighted by Crippen LogP contribution is 2.40. The number of hydrogen-bond acceptors (Lipinski definition) is 2. The van der Waals surface area contributed by atoms with Gasteiger partial charge in [0.05, 0.1) is 0 Å². The fourth-order valence-electron chi connectivity index (χ4n) is 2.00. The van der Waals surface area contributed by atoms with Crippen molar-refractivity contribution in [1.29, 1.82) is 0 Å². The molecule has 4 heteroatoms. The van der Waals surface area contributed by atoms with Gasteiger partial charge in [-0.3, -0.25) is 0 Å². The van der Waals surface area contributed by atoms with Crippen LogP contribution in [0.4, 0.5) is 8.78 Å². The molecule has 1 aromatic heterocycles. The van der Waals surface area contributed by atoms with E-state index in [1.165, 1.54) is 6.07 Å². The van der Waals surface area contributed by atoms with Crippen molar-refractivity contribution in [3.8, 4) is 0 Å². The summed E-state index contributed by atoms with van der Waals surface area (Å²) in [5.41, 5.74) is 0. The molecule has 1 saturated heterocycles. The predicted molar refractivity (Wildman–Crippen MR) is 52.9 cm³/mol. The summed E-state index contributed by atoms with van der Waals surface area (Å²) in [6, 6.07) is 2.97. The van der Waals surface area contributed by atoms with Crippen molar-refractivity contribution in [1.82, 2.24) is 5.32 Å². The van der Waals surface area contributed by atoms with Crippen LogP contribution < -0.4 is 5.32 Å². The van der Waals surface area contributed by atoms with Crippen molar-refractivity contribution in [2.24, 2.45) is 5.92 Å². The Labute approximate surface area is 87.7 Å². The van der Waals surface area contributed by atoms with Gasteiger partial charge in [0, 0.05) is 5.92 Å². The monoisotopic (exact) mass is 215 g/mol. The molecule has 0 saturated carbocycles. The first kappa shape index (κ1) is 10.6. The van der Waals surface area contributed by atoms with Gasteiger partial charge >= 0.3 is 5.92 Å². The van der Waals surface area contributed by atoms with E-state index in [4.69, 9.17) is 4.42 Å². The zero-order valence-electron chi connectivity index (χ0n) is 8.72. The molecule has 2 heterocycles. The maximum atomic E-state index is 13.9. The molecule has 15 heavy (non-hydrogen) atoms. The van der Waals surface area contributed by atoms with Crippen LogP contribution in [0.1, 0.15) is 24.4 Å². The second-order valence-corrected chi connectivity index (χ2v) is 4.06. The van der Waals surface area contributed by atoms with Crippen molar-refractivity contribution in [2.75, 3.05) is 13.1 Å². The largest absolute Gasteiger partial charge is 0.460 e. The highest BCUT2D eigenvalue weighted by molar-refractivity contribution is 5.12. The summed E-state index contributed by atoms with van der Waals surface area (Å²) in [7, 11) is 0. The van der Waals surface area contributed by atoms with Crippen molar-refractivity contribution >= 4 is 0 Å². The van der Waals surface area contributed by atoms with E-state index in [-0.39, 0.29) is 5.76 Å². The summed E-state index contributed by atoms with van der Waals surface area (Å²) in [5, 5.41) is 3.08. The van der Waals surface area contributed by atoms with Crippen molar-refractivity contribution in [3.05, 3.63) is 23.7 Å². The molecule has 1 aromatic rings. The van der Waals surface area contributed by atoms with Gasteiger partial charge in [-0.05, 0) is 45.0 Å². The van der Waals surface area contributed by atoms with Crippen LogP contribution in [0.5, 0.6) is 0 Å². The summed E-state index contributed by atoms with van der Waals surface area (Å²) in [5.74, 6) is -3.06. The van der Waals surface area contributed by atoms with Crippen molar-refractivity contribution in [2.45, 2.75) is 25.7 Å². The van der Waals surface area contributed by atoms with Crippen LogP contribution in [-0.4, -0.2) is 13.1 Å². The highest BCUT2D eigenvalue weighted by atomic mass is 19.3. The zero-order valence-corrected chi connectivity index (χ0v) is 8.72. The molecule has 1 fully saturated rings. The molecule has 0 bridgehead atoms. The molecule has 0 aliphatic carbocycles. The molecule has 1 aliphatic rings. The van der Waals surface area contributed by atoms with Gasteiger partial charge in [0.25, 0.3) is 0 Å². The minimum atomic E-state index is -2.82. The number of halogens is 2. The standard InChI is InChI=1S/C11H15F2NO/c1-8-2-3-10(15-8)11(12,13)9-4-6-14-7-5-9/h2-3,9,14H,4-7H2,1H3. The molecular weight excluding hydrogens is 200 g/mol. The van der Waals surface area contributed by atoms with Gasteiger partial charge in [-0.25, -0.2) is 0 Å². The molecule has 0 unspecified atom stereocenters. The quantitative estimate of drug-likeness (QED) is 0.820. The van der Waals surface area contributed by atoms with Gasteiger partial charge < -0.3 is 9.73 Å². The van der Waals surface area contributed by atoms with Crippen LogP contribution in [0, 0.1) is 12.8 Å². The Hall–Kier alpha value is -0.900. The Morgan fingerprint density at radius 2 is 2.00 bits per heavy atom. The van der Waals surface area contributed by atoms with Gasteiger partial charge in [-0.1, -0.05) is 0 Å². The predicted octanol–water partition coefficient (Wildman–Crippen LogP) is 2.68. The maximum Gasteiger partial charge on any atom is 0.307 e. The van der Waals surface area contributed by atoms with Crippen LogP contribution in [0.2, 0.25) is 0 Å². The van der Waals surface area contributed by atoms with Gasteiger partial charge in [0.1, 0.15) is 5.76 Å². The third-order valence-electron chi connectivity index (χ3n) is 2.92. The highest BCUT2D eigenvalue weighted by Gasteiger charge is 2.44. The van der Waals surface area contributed by atoms with Gasteiger partial charge in [0.15, 0.2) is 5.76 Å². The van der Waals surface area contributed by atoms with E-state index >= 15 is 0 Å². The first-order valence-electron chi connectivity index (χ1n) is 5.26. The number of piperidine rings is 1. The Balaban J connectivity index is 2.17. The van der Waals surface area contributed by atoms with Crippen molar-refractivity contribution < 1.29 is 13.2 Å². The van der Waals surface area contributed by atoms with Crippen LogP contribution in [-0.2, 0) is 5.92 Å². The molecule has 0 amide bonds. The third-order valence-corrected chi connectivity index (χ3v) is 2.92. The zero-order chi connectivity index (χ0) is 10.9. The number of nitrogens with one attached hydrogen (secondary N) is 1. The number of hydrogen-bond donors (Lipinski definition) is 1. The summed E-state index contributed by atoms with van der Waals surface area (Å²) < 4.78 is 32.9. The molecule has 0 atom stereocenters. The lowest BCUT2D eigenvalue weighted by atomic mass is 9.90. The topological polar surface area (TPSA) is 25.2 Å². The first-order valence-corrected chi connectivity index (χ1v) is 5.26. The van der Waals surface area contributed by atoms with E-state index in [1.807, 2.05) is 0 Å². The average Bonchev–Trinajstić information content (AvgIpc) is 2.67. The van der Waals surface area contributed by atoms with E-state index in [0.29, 0.717) is 31.7 Å². The smallest absolute Gasteiger partial charge is 0.307 e. The molecule has 2 rings (SSSR count). The Kier molecular flexibility index (Phi) is 2.78. The second-order valence-electron chi connectivity index (χ2n) is 4.06. The number of furan rings is 1.